The van der Waals surface area contributed by atoms with E-state index in [4.69, 9.17) is 0 Å². The molecule has 2 aromatic rings. The second-order valence-corrected chi connectivity index (χ2v) is 8.39. The van der Waals surface area contributed by atoms with E-state index in [2.05, 4.69) is 70.7 Å². The fraction of sp³-hybridized carbons (Fsp3) is 0.423. The topological polar surface area (TPSA) is 35.8 Å². The Morgan fingerprint density at radius 1 is 0.828 bits per heavy atom. The van der Waals surface area contributed by atoms with Crippen molar-refractivity contribution in [3.63, 3.8) is 0 Å². The van der Waals surface area contributed by atoms with Crippen LogP contribution in [0, 0.1) is 0 Å². The van der Waals surface area contributed by atoms with Crippen LogP contribution in [-0.4, -0.2) is 35.0 Å². The summed E-state index contributed by atoms with van der Waals surface area (Å²) in [4.78, 5) is 2.72. The van der Waals surface area contributed by atoms with Crippen molar-refractivity contribution in [1.29, 1.82) is 0 Å². The first-order chi connectivity index (χ1) is 14.3. The van der Waals surface area contributed by atoms with Crippen LogP contribution in [0.15, 0.2) is 77.0 Å². The van der Waals surface area contributed by atoms with Crippen LogP contribution in [-0.2, 0) is 12.8 Å². The summed E-state index contributed by atoms with van der Waals surface area (Å²) in [7, 11) is 0. The lowest BCUT2D eigenvalue weighted by atomic mass is 9.78. The number of rotatable bonds is 7. The third-order valence-electron chi connectivity index (χ3n) is 6.57. The molecule has 0 aliphatic heterocycles. The molecule has 3 heteroatoms. The van der Waals surface area contributed by atoms with E-state index >= 15 is 0 Å². The Hall–Kier alpha value is -2.39. The van der Waals surface area contributed by atoms with Gasteiger partial charge in [-0.3, -0.25) is 4.90 Å². The molecular weight excluding hydrogens is 356 g/mol. The van der Waals surface area contributed by atoms with Gasteiger partial charge in [-0.25, -0.2) is 0 Å². The smallest absolute Gasteiger partial charge is 0.0827 e. The normalized spacial score (nSPS) is 20.9. The zero-order valence-corrected chi connectivity index (χ0v) is 17.3. The van der Waals surface area contributed by atoms with Gasteiger partial charge < -0.3 is 5.21 Å². The van der Waals surface area contributed by atoms with Gasteiger partial charge in [-0.15, -0.1) is 0 Å². The fourth-order valence-electron chi connectivity index (χ4n) is 4.95. The number of oxime groups is 1. The molecule has 2 aromatic carbocycles. The quantitative estimate of drug-likeness (QED) is 0.492. The molecular formula is C26H32N2O. The molecule has 152 valence electrons. The minimum atomic E-state index is 0.596. The van der Waals surface area contributed by atoms with Crippen molar-refractivity contribution in [3.05, 3.63) is 82.9 Å². The Labute approximate surface area is 174 Å². The van der Waals surface area contributed by atoms with Gasteiger partial charge in [0.25, 0.3) is 0 Å². The van der Waals surface area contributed by atoms with Crippen LogP contribution in [0.1, 0.15) is 49.7 Å². The van der Waals surface area contributed by atoms with Crippen molar-refractivity contribution < 1.29 is 5.21 Å². The predicted octanol–water partition coefficient (Wildman–Crippen LogP) is 5.64. The van der Waals surface area contributed by atoms with Crippen molar-refractivity contribution >= 4 is 5.71 Å². The molecule has 0 saturated carbocycles. The van der Waals surface area contributed by atoms with Gasteiger partial charge in [0.1, 0.15) is 0 Å². The van der Waals surface area contributed by atoms with Gasteiger partial charge in [-0.05, 0) is 68.1 Å². The first-order valence-electron chi connectivity index (χ1n) is 11.1. The third kappa shape index (κ3) is 5.16. The maximum Gasteiger partial charge on any atom is 0.0827 e. The molecule has 0 radical (unpaired) electrons. The lowest BCUT2D eigenvalue weighted by Gasteiger charge is -2.38. The lowest BCUT2D eigenvalue weighted by Crippen LogP contribution is -2.41. The van der Waals surface area contributed by atoms with Crippen LogP contribution in [0.5, 0.6) is 0 Å². The summed E-state index contributed by atoms with van der Waals surface area (Å²) in [6, 6.07) is 22.3. The van der Waals surface area contributed by atoms with Gasteiger partial charge in [0, 0.05) is 19.1 Å². The highest BCUT2D eigenvalue weighted by Gasteiger charge is 2.29. The summed E-state index contributed by atoms with van der Waals surface area (Å²) >= 11 is 0. The molecule has 0 spiro atoms. The zero-order chi connectivity index (χ0) is 19.9. The van der Waals surface area contributed by atoms with Crippen molar-refractivity contribution in [2.24, 2.45) is 5.16 Å². The van der Waals surface area contributed by atoms with Crippen molar-refractivity contribution in [2.45, 2.75) is 57.4 Å². The van der Waals surface area contributed by atoms with Crippen LogP contribution >= 0.6 is 0 Å². The summed E-state index contributed by atoms with van der Waals surface area (Å²) in [5, 5.41) is 13.0. The molecule has 1 unspecified atom stereocenters. The Bertz CT molecular complexity index is 798. The van der Waals surface area contributed by atoms with Crippen LogP contribution in [0.2, 0.25) is 0 Å². The Kier molecular flexibility index (Phi) is 6.79. The van der Waals surface area contributed by atoms with Gasteiger partial charge in [0.15, 0.2) is 0 Å². The third-order valence-corrected chi connectivity index (χ3v) is 6.57. The van der Waals surface area contributed by atoms with Crippen molar-refractivity contribution in [2.75, 3.05) is 13.1 Å². The van der Waals surface area contributed by atoms with E-state index < -0.39 is 0 Å². The number of benzene rings is 2. The number of hydrogen-bond donors (Lipinski definition) is 1. The van der Waals surface area contributed by atoms with Crippen molar-refractivity contribution in [3.8, 4) is 0 Å². The number of hydrogen-bond acceptors (Lipinski definition) is 3. The summed E-state index contributed by atoms with van der Waals surface area (Å²) < 4.78 is 0. The molecule has 3 nitrogen and oxygen atoms in total. The van der Waals surface area contributed by atoms with E-state index in [1.165, 1.54) is 29.5 Å². The molecule has 2 aliphatic carbocycles. The van der Waals surface area contributed by atoms with E-state index in [9.17, 15) is 5.21 Å². The van der Waals surface area contributed by atoms with E-state index in [1.807, 2.05) is 0 Å². The summed E-state index contributed by atoms with van der Waals surface area (Å²) in [5.74, 6) is 0. The second-order valence-electron chi connectivity index (χ2n) is 8.39. The molecule has 2 aliphatic rings. The lowest BCUT2D eigenvalue weighted by molar-refractivity contribution is 0.182. The van der Waals surface area contributed by atoms with Gasteiger partial charge in [-0.1, -0.05) is 71.4 Å². The van der Waals surface area contributed by atoms with E-state index in [1.54, 1.807) is 5.57 Å². The zero-order valence-electron chi connectivity index (χ0n) is 17.3. The summed E-state index contributed by atoms with van der Waals surface area (Å²) in [5.41, 5.74) is 6.69. The van der Waals surface area contributed by atoms with Crippen LogP contribution in [0.4, 0.5) is 0 Å². The average molecular weight is 389 g/mol. The predicted molar refractivity (Wildman–Crippen MR) is 120 cm³/mol. The van der Waals surface area contributed by atoms with Crippen LogP contribution in [0.3, 0.4) is 0 Å². The monoisotopic (exact) mass is 388 g/mol. The van der Waals surface area contributed by atoms with E-state index in [0.717, 1.165) is 57.3 Å². The molecule has 0 heterocycles. The first kappa shape index (κ1) is 19.9. The molecule has 0 amide bonds. The van der Waals surface area contributed by atoms with Gasteiger partial charge in [0.2, 0.25) is 0 Å². The Morgan fingerprint density at radius 2 is 1.45 bits per heavy atom. The minimum Gasteiger partial charge on any atom is -0.411 e. The molecule has 0 bridgehead atoms. The maximum absolute atomic E-state index is 9.37. The molecule has 0 aromatic heterocycles. The van der Waals surface area contributed by atoms with E-state index in [0.29, 0.717) is 6.04 Å². The molecule has 0 fully saturated rings. The summed E-state index contributed by atoms with van der Waals surface area (Å²) in [6.07, 6.45) is 8.80. The first-order valence-corrected chi connectivity index (χ1v) is 11.1. The second kappa shape index (κ2) is 9.89. The van der Waals surface area contributed by atoms with E-state index in [-0.39, 0.29) is 0 Å². The Morgan fingerprint density at radius 3 is 2.03 bits per heavy atom. The summed E-state index contributed by atoms with van der Waals surface area (Å²) in [6.45, 7) is 2.20. The van der Waals surface area contributed by atoms with Crippen LogP contribution < -0.4 is 0 Å². The number of allylic oxidation sites excluding steroid dienone is 1. The van der Waals surface area contributed by atoms with Crippen LogP contribution in [0.25, 0.3) is 0 Å². The molecule has 0 saturated heterocycles. The van der Waals surface area contributed by atoms with Gasteiger partial charge in [0.05, 0.1) is 5.71 Å². The molecule has 1 atom stereocenters. The highest BCUT2D eigenvalue weighted by molar-refractivity contribution is 6.01. The highest BCUT2D eigenvalue weighted by Crippen LogP contribution is 2.36. The molecule has 29 heavy (non-hydrogen) atoms. The standard InChI is InChI=1S/C26H32N2O/c29-27-26-13-7-12-23-20-24(14-15-25(23)26)28(18-16-21-8-3-1-4-9-21)19-17-22-10-5-2-6-11-22/h1-6,8-11,24,29H,7,12-20H2/b27-26+. The van der Waals surface area contributed by atoms with Crippen molar-refractivity contribution in [1.82, 2.24) is 4.90 Å². The average Bonchev–Trinajstić information content (AvgIpc) is 2.79. The highest BCUT2D eigenvalue weighted by atomic mass is 16.4. The fourth-order valence-corrected chi connectivity index (χ4v) is 4.95. The SMILES string of the molecule is O/N=C1\CCCC2=C1CCC(N(CCc1ccccc1)CCc1ccccc1)C2. The Balaban J connectivity index is 1.46. The molecule has 4 rings (SSSR count). The van der Waals surface area contributed by atoms with Gasteiger partial charge in [-0.2, -0.15) is 0 Å². The minimum absolute atomic E-state index is 0.596. The maximum atomic E-state index is 9.37. The molecule has 1 N–H and O–H groups in total. The number of nitrogens with zero attached hydrogens (tertiary/aromatic N) is 2. The largest absolute Gasteiger partial charge is 0.411 e. The van der Waals surface area contributed by atoms with Gasteiger partial charge >= 0.3 is 0 Å².